The number of nitrogens with zero attached hydrogens (tertiary/aromatic N) is 1. The van der Waals surface area contributed by atoms with E-state index in [1.807, 2.05) is 24.3 Å². The first-order valence-electron chi connectivity index (χ1n) is 5.89. The molecule has 0 bridgehead atoms. The van der Waals surface area contributed by atoms with Crippen LogP contribution < -0.4 is 5.32 Å². The van der Waals surface area contributed by atoms with Crippen molar-refractivity contribution in [3.8, 4) is 6.07 Å². The van der Waals surface area contributed by atoms with Crippen molar-refractivity contribution >= 4 is 35.1 Å². The Morgan fingerprint density at radius 2 is 2.20 bits per heavy atom. The van der Waals surface area contributed by atoms with Crippen LogP contribution in [0.15, 0.2) is 34.9 Å². The molecule has 6 heteroatoms. The smallest absolute Gasteiger partial charge is 0.238 e. The highest BCUT2D eigenvalue weighted by atomic mass is 35.5. The Kier molecular flexibility index (Phi) is 4.48. The molecule has 102 valence electrons. The maximum Gasteiger partial charge on any atom is 0.238 e. The van der Waals surface area contributed by atoms with Crippen molar-refractivity contribution in [1.82, 2.24) is 5.32 Å². The number of hydrogen-bond donors (Lipinski definition) is 1. The summed E-state index contributed by atoms with van der Waals surface area (Å²) in [5.74, 6) is -0.562. The number of benzene rings is 1. The Labute approximate surface area is 125 Å². The number of halogens is 1. The zero-order chi connectivity index (χ0) is 14.7. The van der Waals surface area contributed by atoms with E-state index in [0.29, 0.717) is 16.5 Å². The Hall–Kier alpha value is -1.77. The molecule has 0 saturated carbocycles. The number of allylic oxidation sites excluding steroid dienone is 1. The minimum absolute atomic E-state index is 0.00925. The van der Waals surface area contributed by atoms with E-state index in [9.17, 15) is 9.59 Å². The highest BCUT2D eigenvalue weighted by Crippen LogP contribution is 2.33. The Morgan fingerprint density at radius 3 is 2.80 bits per heavy atom. The second-order valence-electron chi connectivity index (χ2n) is 4.26. The number of ketones is 1. The molecule has 1 N–H and O–H groups in total. The molecule has 1 unspecified atom stereocenters. The van der Waals surface area contributed by atoms with E-state index in [1.54, 1.807) is 6.07 Å². The summed E-state index contributed by atoms with van der Waals surface area (Å²) in [5, 5.41) is 12.1. The molecule has 0 spiro atoms. The fourth-order valence-electron chi connectivity index (χ4n) is 1.83. The number of nitrogens with one attached hydrogen (secondary N) is 1. The predicted molar refractivity (Wildman–Crippen MR) is 78.0 cm³/mol. The number of rotatable bonds is 3. The molecule has 1 heterocycles. The Morgan fingerprint density at radius 1 is 1.50 bits per heavy atom. The first kappa shape index (κ1) is 14.6. The lowest BCUT2D eigenvalue weighted by molar-refractivity contribution is -0.119. The van der Waals surface area contributed by atoms with Crippen LogP contribution in [0.4, 0.5) is 0 Å². The lowest BCUT2D eigenvalue weighted by Crippen LogP contribution is -2.24. The van der Waals surface area contributed by atoms with E-state index in [1.165, 1.54) is 18.7 Å². The Bertz CT molecular complexity index is 649. The number of thioether (sulfide) groups is 1. The molecule has 1 aliphatic rings. The van der Waals surface area contributed by atoms with Gasteiger partial charge in [-0.2, -0.15) is 5.26 Å². The van der Waals surface area contributed by atoms with Crippen LogP contribution in [0.5, 0.6) is 0 Å². The molecule has 4 nitrogen and oxygen atoms in total. The summed E-state index contributed by atoms with van der Waals surface area (Å²) in [4.78, 5) is 23.2. The number of Topliss-reactive ketones (excluding diaryl/α,β-unsaturated/α-hetero) is 1. The van der Waals surface area contributed by atoms with Crippen LogP contribution in [0.3, 0.4) is 0 Å². The lowest BCUT2D eigenvalue weighted by Gasteiger charge is -2.07. The average Bonchev–Trinajstić information content (AvgIpc) is 2.74. The van der Waals surface area contributed by atoms with E-state index in [2.05, 4.69) is 5.32 Å². The molecule has 2 rings (SSSR count). The second-order valence-corrected chi connectivity index (χ2v) is 5.88. The zero-order valence-corrected chi connectivity index (χ0v) is 12.2. The number of hydrogen-bond acceptors (Lipinski definition) is 4. The van der Waals surface area contributed by atoms with E-state index in [-0.39, 0.29) is 22.5 Å². The van der Waals surface area contributed by atoms with Gasteiger partial charge in [0.2, 0.25) is 5.91 Å². The predicted octanol–water partition coefficient (Wildman–Crippen LogP) is 2.44. The van der Waals surface area contributed by atoms with Crippen LogP contribution in [0.2, 0.25) is 5.02 Å². The molecule has 0 aromatic heterocycles. The van der Waals surface area contributed by atoms with E-state index >= 15 is 0 Å². The first-order valence-corrected chi connectivity index (χ1v) is 7.15. The fourth-order valence-corrected chi connectivity index (χ4v) is 3.22. The van der Waals surface area contributed by atoms with Gasteiger partial charge in [-0.25, -0.2) is 0 Å². The van der Waals surface area contributed by atoms with Crippen LogP contribution in [0.25, 0.3) is 0 Å². The molecule has 0 aliphatic carbocycles. The number of amides is 1. The molecular weight excluding hydrogens is 296 g/mol. The van der Waals surface area contributed by atoms with Gasteiger partial charge in [-0.05, 0) is 25.0 Å². The van der Waals surface area contributed by atoms with Gasteiger partial charge in [0.1, 0.15) is 11.6 Å². The summed E-state index contributed by atoms with van der Waals surface area (Å²) in [6.07, 6.45) is 0.455. The van der Waals surface area contributed by atoms with Crippen molar-refractivity contribution in [1.29, 1.82) is 5.26 Å². The molecule has 1 fully saturated rings. The van der Waals surface area contributed by atoms with Gasteiger partial charge in [-0.15, -0.1) is 0 Å². The van der Waals surface area contributed by atoms with Gasteiger partial charge >= 0.3 is 0 Å². The van der Waals surface area contributed by atoms with Crippen molar-refractivity contribution < 1.29 is 9.59 Å². The maximum atomic E-state index is 11.9. The standard InChI is InChI=1S/C14H11ClN2O2S/c1-8(18)10(7-16)14-17-13(19)12(20-14)6-9-4-2-3-5-11(9)15/h2-5,12H,6H2,1H3,(H,17,19)/b14-10-. The van der Waals surface area contributed by atoms with Gasteiger partial charge in [-0.3, -0.25) is 9.59 Å². The van der Waals surface area contributed by atoms with Gasteiger partial charge in [0.25, 0.3) is 0 Å². The molecule has 1 aliphatic heterocycles. The van der Waals surface area contributed by atoms with Gasteiger partial charge in [-0.1, -0.05) is 41.6 Å². The van der Waals surface area contributed by atoms with Crippen LogP contribution in [-0.2, 0) is 16.0 Å². The van der Waals surface area contributed by atoms with Gasteiger partial charge in [0.15, 0.2) is 5.78 Å². The van der Waals surface area contributed by atoms with Crippen molar-refractivity contribution in [3.63, 3.8) is 0 Å². The third kappa shape index (κ3) is 3.03. The average molecular weight is 307 g/mol. The number of carbonyl (C=O) groups excluding carboxylic acids is 2. The lowest BCUT2D eigenvalue weighted by atomic mass is 10.1. The molecule has 1 aromatic rings. The minimum Gasteiger partial charge on any atom is -0.318 e. The minimum atomic E-state index is -0.382. The fraction of sp³-hybridized carbons (Fsp3) is 0.214. The zero-order valence-electron chi connectivity index (χ0n) is 10.6. The van der Waals surface area contributed by atoms with Crippen molar-refractivity contribution in [2.45, 2.75) is 18.6 Å². The molecule has 0 radical (unpaired) electrons. The Balaban J connectivity index is 2.21. The topological polar surface area (TPSA) is 70.0 Å². The molecule has 1 amide bonds. The van der Waals surface area contributed by atoms with Crippen LogP contribution >= 0.6 is 23.4 Å². The van der Waals surface area contributed by atoms with E-state index in [4.69, 9.17) is 16.9 Å². The summed E-state index contributed by atoms with van der Waals surface area (Å²) >= 11 is 7.27. The number of nitriles is 1. The summed E-state index contributed by atoms with van der Waals surface area (Å²) in [6.45, 7) is 1.31. The second kappa shape index (κ2) is 6.12. The first-order chi connectivity index (χ1) is 9.52. The largest absolute Gasteiger partial charge is 0.318 e. The molecule has 1 saturated heterocycles. The third-order valence-electron chi connectivity index (χ3n) is 2.84. The van der Waals surface area contributed by atoms with Crippen molar-refractivity contribution in [3.05, 3.63) is 45.5 Å². The summed E-state index contributed by atoms with van der Waals surface area (Å²) in [6, 6.07) is 9.12. The van der Waals surface area contributed by atoms with E-state index < -0.39 is 0 Å². The molecule has 20 heavy (non-hydrogen) atoms. The van der Waals surface area contributed by atoms with Gasteiger partial charge < -0.3 is 5.32 Å². The van der Waals surface area contributed by atoms with Crippen LogP contribution in [0, 0.1) is 11.3 Å². The SMILES string of the molecule is CC(=O)/C(C#N)=C1/NC(=O)C(Cc2ccccc2Cl)S1. The maximum absolute atomic E-state index is 11.9. The van der Waals surface area contributed by atoms with Crippen molar-refractivity contribution in [2.24, 2.45) is 0 Å². The van der Waals surface area contributed by atoms with Gasteiger partial charge in [0, 0.05) is 5.02 Å². The monoisotopic (exact) mass is 306 g/mol. The molecule has 1 aromatic carbocycles. The van der Waals surface area contributed by atoms with E-state index in [0.717, 1.165) is 5.56 Å². The van der Waals surface area contributed by atoms with Crippen LogP contribution in [0.1, 0.15) is 12.5 Å². The van der Waals surface area contributed by atoms with Gasteiger partial charge in [0.05, 0.1) is 10.3 Å². The van der Waals surface area contributed by atoms with Crippen LogP contribution in [-0.4, -0.2) is 16.9 Å². The number of carbonyl (C=O) groups is 2. The summed E-state index contributed by atoms with van der Waals surface area (Å²) < 4.78 is 0. The molecule has 1 atom stereocenters. The summed E-state index contributed by atoms with van der Waals surface area (Å²) in [7, 11) is 0. The highest BCUT2D eigenvalue weighted by Gasteiger charge is 2.32. The van der Waals surface area contributed by atoms with Crippen molar-refractivity contribution in [2.75, 3.05) is 0 Å². The quantitative estimate of drug-likeness (QED) is 0.688. The highest BCUT2D eigenvalue weighted by molar-refractivity contribution is 8.04. The normalized spacial score (nSPS) is 20.2. The molecular formula is C14H11ClN2O2S. The third-order valence-corrected chi connectivity index (χ3v) is 4.42. The summed E-state index contributed by atoms with van der Waals surface area (Å²) in [5.41, 5.74) is 0.856.